The van der Waals surface area contributed by atoms with Crippen molar-refractivity contribution in [2.45, 2.75) is 0 Å². The minimum Gasteiger partial charge on any atom is -0.760 e. The van der Waals surface area contributed by atoms with E-state index in [0.717, 1.165) is 4.31 Å². The van der Waals surface area contributed by atoms with E-state index in [0.29, 0.717) is 6.54 Å². The SMILES string of the molecule is C=CCN(C)S(=O)[O-]. The fraction of sp³-hybridized carbons (Fsp3) is 0.500. The normalized spacial score (nSPS) is 13.9. The van der Waals surface area contributed by atoms with Gasteiger partial charge in [0.15, 0.2) is 0 Å². The molecule has 8 heavy (non-hydrogen) atoms. The molecule has 0 aliphatic rings. The Balaban J connectivity index is 3.46. The summed E-state index contributed by atoms with van der Waals surface area (Å²) in [6, 6.07) is 0. The number of likely N-dealkylation sites (N-methyl/N-ethyl adjacent to an activating group) is 1. The van der Waals surface area contributed by atoms with Gasteiger partial charge in [-0.25, -0.2) is 4.31 Å². The Labute approximate surface area is 51.4 Å². The van der Waals surface area contributed by atoms with Crippen LogP contribution in [0.15, 0.2) is 12.7 Å². The molecule has 4 heteroatoms. The summed E-state index contributed by atoms with van der Waals surface area (Å²) in [7, 11) is 1.48. The zero-order valence-corrected chi connectivity index (χ0v) is 5.48. The molecular formula is C4H8NO2S-. The molecule has 1 atom stereocenters. The molecule has 0 spiro atoms. The van der Waals surface area contributed by atoms with Crippen LogP contribution >= 0.6 is 0 Å². The molecule has 0 amide bonds. The van der Waals surface area contributed by atoms with Crippen LogP contribution in [0.25, 0.3) is 0 Å². The molecule has 0 bridgehead atoms. The Morgan fingerprint density at radius 3 is 2.62 bits per heavy atom. The molecule has 1 unspecified atom stereocenters. The van der Waals surface area contributed by atoms with Crippen LogP contribution < -0.4 is 0 Å². The van der Waals surface area contributed by atoms with Crippen LogP contribution in [0.5, 0.6) is 0 Å². The van der Waals surface area contributed by atoms with Crippen molar-refractivity contribution in [2.24, 2.45) is 0 Å². The monoisotopic (exact) mass is 134 g/mol. The van der Waals surface area contributed by atoms with Gasteiger partial charge in [-0.05, 0) is 7.05 Å². The van der Waals surface area contributed by atoms with Crippen LogP contribution in [0, 0.1) is 0 Å². The van der Waals surface area contributed by atoms with Crippen LogP contribution in [-0.4, -0.2) is 26.7 Å². The van der Waals surface area contributed by atoms with Crippen molar-refractivity contribution in [3.8, 4) is 0 Å². The summed E-state index contributed by atoms with van der Waals surface area (Å²) in [6.07, 6.45) is 1.52. The van der Waals surface area contributed by atoms with Crippen LogP contribution in [0.3, 0.4) is 0 Å². The first-order valence-corrected chi connectivity index (χ1v) is 3.13. The van der Waals surface area contributed by atoms with Crippen LogP contribution in [0.2, 0.25) is 0 Å². The van der Waals surface area contributed by atoms with Gasteiger partial charge >= 0.3 is 0 Å². The number of hydrogen-bond donors (Lipinski definition) is 0. The topological polar surface area (TPSA) is 43.4 Å². The quantitative estimate of drug-likeness (QED) is 0.399. The van der Waals surface area contributed by atoms with E-state index in [1.54, 1.807) is 0 Å². The smallest absolute Gasteiger partial charge is 0.0277 e. The molecule has 0 heterocycles. The third kappa shape index (κ3) is 2.90. The molecule has 0 aromatic carbocycles. The van der Waals surface area contributed by atoms with E-state index in [-0.39, 0.29) is 0 Å². The maximum absolute atomic E-state index is 9.97. The van der Waals surface area contributed by atoms with E-state index in [1.807, 2.05) is 0 Å². The Kier molecular flexibility index (Phi) is 3.68. The second-order valence-electron chi connectivity index (χ2n) is 1.32. The van der Waals surface area contributed by atoms with E-state index in [9.17, 15) is 8.76 Å². The Morgan fingerprint density at radius 1 is 2.00 bits per heavy atom. The van der Waals surface area contributed by atoms with Gasteiger partial charge in [0, 0.05) is 17.8 Å². The molecule has 0 saturated heterocycles. The minimum atomic E-state index is -2.10. The third-order valence-corrected chi connectivity index (χ3v) is 1.30. The maximum atomic E-state index is 9.97. The van der Waals surface area contributed by atoms with Crippen LogP contribution in [-0.2, 0) is 11.3 Å². The lowest BCUT2D eigenvalue weighted by Gasteiger charge is -2.15. The van der Waals surface area contributed by atoms with Gasteiger partial charge in [-0.3, -0.25) is 4.21 Å². The van der Waals surface area contributed by atoms with Crippen molar-refractivity contribution < 1.29 is 8.76 Å². The average Bonchev–Trinajstić information content (AvgIpc) is 1.67. The minimum absolute atomic E-state index is 0.371. The molecule has 0 aliphatic heterocycles. The van der Waals surface area contributed by atoms with Crippen molar-refractivity contribution in [3.05, 3.63) is 12.7 Å². The summed E-state index contributed by atoms with van der Waals surface area (Å²) >= 11 is -2.10. The lowest BCUT2D eigenvalue weighted by molar-refractivity contribution is 0.455. The predicted octanol–water partition coefficient (Wildman–Crippen LogP) is -0.102. The second kappa shape index (κ2) is 3.77. The van der Waals surface area contributed by atoms with Crippen molar-refractivity contribution in [1.29, 1.82) is 0 Å². The summed E-state index contributed by atoms with van der Waals surface area (Å²) in [4.78, 5) is 0. The molecule has 0 aromatic heterocycles. The van der Waals surface area contributed by atoms with Crippen LogP contribution in [0.1, 0.15) is 0 Å². The number of rotatable bonds is 3. The van der Waals surface area contributed by atoms with E-state index in [2.05, 4.69) is 6.58 Å². The maximum Gasteiger partial charge on any atom is 0.0277 e. The summed E-state index contributed by atoms with van der Waals surface area (Å²) in [5.41, 5.74) is 0. The molecule has 0 rings (SSSR count). The van der Waals surface area contributed by atoms with E-state index in [4.69, 9.17) is 0 Å². The number of nitrogens with zero attached hydrogens (tertiary/aromatic N) is 1. The first-order valence-electron chi connectivity index (χ1n) is 2.10. The predicted molar refractivity (Wildman–Crippen MR) is 31.7 cm³/mol. The van der Waals surface area contributed by atoms with Gasteiger partial charge in [0.1, 0.15) is 0 Å². The van der Waals surface area contributed by atoms with Crippen molar-refractivity contribution >= 4 is 11.3 Å². The Hall–Kier alpha value is -0.190. The highest BCUT2D eigenvalue weighted by Gasteiger charge is 1.89. The standard InChI is InChI=1S/C4H9NO2S/c1-3-4-5(2)8(6)7/h3H,1,4H2,2H3,(H,6,7)/p-1. The fourth-order valence-electron chi connectivity index (χ4n) is 0.243. The van der Waals surface area contributed by atoms with Gasteiger partial charge in [-0.2, -0.15) is 0 Å². The summed E-state index contributed by atoms with van der Waals surface area (Å²) < 4.78 is 21.1. The van der Waals surface area contributed by atoms with Gasteiger partial charge in [0.2, 0.25) is 0 Å². The lowest BCUT2D eigenvalue weighted by Crippen LogP contribution is -2.20. The fourth-order valence-corrected chi connectivity index (χ4v) is 0.470. The molecule has 0 fully saturated rings. The van der Waals surface area contributed by atoms with Crippen LogP contribution in [0.4, 0.5) is 0 Å². The summed E-state index contributed by atoms with van der Waals surface area (Å²) in [5, 5.41) is 0. The first kappa shape index (κ1) is 7.81. The molecule has 3 nitrogen and oxygen atoms in total. The average molecular weight is 134 g/mol. The molecule has 0 saturated carbocycles. The summed E-state index contributed by atoms with van der Waals surface area (Å²) in [5.74, 6) is 0. The molecular weight excluding hydrogens is 126 g/mol. The largest absolute Gasteiger partial charge is 0.760 e. The molecule has 48 valence electrons. The molecule has 0 N–H and O–H groups in total. The number of hydrogen-bond acceptors (Lipinski definition) is 2. The lowest BCUT2D eigenvalue weighted by atomic mass is 10.6. The second-order valence-corrected chi connectivity index (χ2v) is 2.37. The van der Waals surface area contributed by atoms with Gasteiger partial charge in [0.25, 0.3) is 0 Å². The molecule has 0 radical (unpaired) electrons. The van der Waals surface area contributed by atoms with E-state index in [1.165, 1.54) is 13.1 Å². The zero-order chi connectivity index (χ0) is 6.57. The van der Waals surface area contributed by atoms with Crippen molar-refractivity contribution in [3.63, 3.8) is 0 Å². The Bertz CT molecular complexity index is 104. The third-order valence-electron chi connectivity index (χ3n) is 0.641. The highest BCUT2D eigenvalue weighted by molar-refractivity contribution is 7.76. The van der Waals surface area contributed by atoms with Crippen molar-refractivity contribution in [2.75, 3.05) is 13.6 Å². The van der Waals surface area contributed by atoms with Gasteiger partial charge in [0.05, 0.1) is 0 Å². The Morgan fingerprint density at radius 2 is 2.50 bits per heavy atom. The van der Waals surface area contributed by atoms with Crippen molar-refractivity contribution in [1.82, 2.24) is 4.31 Å². The first-order chi connectivity index (χ1) is 3.68. The highest BCUT2D eigenvalue weighted by atomic mass is 32.2. The van der Waals surface area contributed by atoms with Gasteiger partial charge < -0.3 is 4.55 Å². The molecule has 0 aliphatic carbocycles. The van der Waals surface area contributed by atoms with Gasteiger partial charge in [-0.15, -0.1) is 6.58 Å². The highest BCUT2D eigenvalue weighted by Crippen LogP contribution is 1.83. The van der Waals surface area contributed by atoms with E-state index >= 15 is 0 Å². The van der Waals surface area contributed by atoms with E-state index < -0.39 is 11.3 Å². The molecule has 0 aromatic rings. The zero-order valence-electron chi connectivity index (χ0n) is 4.66. The van der Waals surface area contributed by atoms with Gasteiger partial charge in [-0.1, -0.05) is 6.08 Å². The summed E-state index contributed by atoms with van der Waals surface area (Å²) in [6.45, 7) is 3.74.